The third-order valence-electron chi connectivity index (χ3n) is 2.43. The summed E-state index contributed by atoms with van der Waals surface area (Å²) in [6.45, 7) is 0.424. The largest absolute Gasteiger partial charge is 0.490 e. The van der Waals surface area contributed by atoms with Gasteiger partial charge in [-0.3, -0.25) is 4.68 Å². The minimum Gasteiger partial charge on any atom is -0.490 e. The van der Waals surface area contributed by atoms with Gasteiger partial charge in [0.1, 0.15) is 0 Å². The normalized spacial score (nSPS) is 10.5. The molecule has 2 rings (SSSR count). The molecule has 0 aliphatic carbocycles. The molecule has 1 heterocycles. The maximum absolute atomic E-state index is 13.4. The van der Waals surface area contributed by atoms with Crippen molar-refractivity contribution in [1.82, 2.24) is 9.78 Å². The molecule has 0 fully saturated rings. The molecule has 0 aliphatic heterocycles. The minimum absolute atomic E-state index is 0.265. The standard InChI is InChI=1S/C12H12BrFN2O/c1-16-10(4-6-15-16)5-7-17-12-8-9(13)2-3-11(12)14/h2-4,6,8H,5,7H2,1H3. The molecule has 0 aliphatic rings. The number of rotatable bonds is 4. The zero-order valence-electron chi connectivity index (χ0n) is 9.36. The molecule has 0 saturated heterocycles. The Balaban J connectivity index is 1.94. The highest BCUT2D eigenvalue weighted by Gasteiger charge is 2.04. The Hall–Kier alpha value is -1.36. The first-order valence-corrected chi connectivity index (χ1v) is 6.01. The van der Waals surface area contributed by atoms with Gasteiger partial charge >= 0.3 is 0 Å². The van der Waals surface area contributed by atoms with Crippen molar-refractivity contribution in [2.45, 2.75) is 6.42 Å². The lowest BCUT2D eigenvalue weighted by molar-refractivity contribution is 0.302. The summed E-state index contributed by atoms with van der Waals surface area (Å²) >= 11 is 3.28. The molecule has 17 heavy (non-hydrogen) atoms. The van der Waals surface area contributed by atoms with Gasteiger partial charge in [-0.05, 0) is 24.3 Å². The van der Waals surface area contributed by atoms with Gasteiger partial charge in [-0.1, -0.05) is 15.9 Å². The summed E-state index contributed by atoms with van der Waals surface area (Å²) in [6.07, 6.45) is 2.43. The Labute approximate surface area is 107 Å². The quantitative estimate of drug-likeness (QED) is 0.868. The topological polar surface area (TPSA) is 27.1 Å². The van der Waals surface area contributed by atoms with Crippen molar-refractivity contribution < 1.29 is 9.13 Å². The molecule has 3 nitrogen and oxygen atoms in total. The van der Waals surface area contributed by atoms with Crippen LogP contribution >= 0.6 is 15.9 Å². The predicted molar refractivity (Wildman–Crippen MR) is 66.5 cm³/mol. The maximum atomic E-state index is 13.4. The van der Waals surface area contributed by atoms with Gasteiger partial charge in [-0.15, -0.1) is 0 Å². The molecule has 90 valence electrons. The fraction of sp³-hybridized carbons (Fsp3) is 0.250. The van der Waals surface area contributed by atoms with Crippen LogP contribution in [0, 0.1) is 5.82 Å². The second-order valence-corrected chi connectivity index (χ2v) is 4.54. The molecule has 1 aromatic carbocycles. The third-order valence-corrected chi connectivity index (χ3v) is 2.92. The minimum atomic E-state index is -0.349. The van der Waals surface area contributed by atoms with Crippen LogP contribution in [0.4, 0.5) is 4.39 Å². The first-order valence-electron chi connectivity index (χ1n) is 5.21. The number of aromatic nitrogens is 2. The van der Waals surface area contributed by atoms with Gasteiger partial charge in [0, 0.05) is 29.8 Å². The summed E-state index contributed by atoms with van der Waals surface area (Å²) in [5.74, 6) is -0.0836. The molecular formula is C12H12BrFN2O. The van der Waals surface area contributed by atoms with E-state index >= 15 is 0 Å². The molecular weight excluding hydrogens is 287 g/mol. The molecule has 0 amide bonds. The Morgan fingerprint density at radius 1 is 1.41 bits per heavy atom. The number of ether oxygens (including phenoxy) is 1. The van der Waals surface area contributed by atoms with Crippen LogP contribution in [-0.2, 0) is 13.5 Å². The van der Waals surface area contributed by atoms with E-state index in [9.17, 15) is 4.39 Å². The molecule has 0 bridgehead atoms. The number of aryl methyl sites for hydroxylation is 1. The van der Waals surface area contributed by atoms with Gasteiger partial charge in [-0.2, -0.15) is 5.10 Å². The lowest BCUT2D eigenvalue weighted by Crippen LogP contribution is -2.06. The summed E-state index contributed by atoms with van der Waals surface area (Å²) in [5, 5.41) is 4.05. The van der Waals surface area contributed by atoms with Crippen molar-refractivity contribution in [2.24, 2.45) is 7.05 Å². The van der Waals surface area contributed by atoms with Crippen LogP contribution < -0.4 is 4.74 Å². The summed E-state index contributed by atoms with van der Waals surface area (Å²) in [5.41, 5.74) is 1.06. The SMILES string of the molecule is Cn1nccc1CCOc1cc(Br)ccc1F. The van der Waals surface area contributed by atoms with Gasteiger partial charge in [0.15, 0.2) is 11.6 Å². The number of benzene rings is 1. The summed E-state index contributed by atoms with van der Waals surface area (Å²) in [7, 11) is 1.87. The van der Waals surface area contributed by atoms with Crippen molar-refractivity contribution in [3.05, 3.63) is 46.4 Å². The van der Waals surface area contributed by atoms with E-state index in [-0.39, 0.29) is 11.6 Å². The van der Waals surface area contributed by atoms with Crippen molar-refractivity contribution >= 4 is 15.9 Å². The Morgan fingerprint density at radius 2 is 2.24 bits per heavy atom. The Bertz CT molecular complexity index is 513. The van der Waals surface area contributed by atoms with E-state index in [1.54, 1.807) is 23.0 Å². The van der Waals surface area contributed by atoms with Crippen molar-refractivity contribution in [1.29, 1.82) is 0 Å². The predicted octanol–water partition coefficient (Wildman–Crippen LogP) is 2.94. The van der Waals surface area contributed by atoms with Gasteiger partial charge in [-0.25, -0.2) is 4.39 Å². The first kappa shape index (κ1) is 12.1. The van der Waals surface area contributed by atoms with Crippen LogP contribution in [0.3, 0.4) is 0 Å². The van der Waals surface area contributed by atoms with Crippen molar-refractivity contribution in [3.63, 3.8) is 0 Å². The zero-order valence-corrected chi connectivity index (χ0v) is 10.9. The zero-order chi connectivity index (χ0) is 12.3. The summed E-state index contributed by atoms with van der Waals surface area (Å²) in [6, 6.07) is 6.56. The van der Waals surface area contributed by atoms with Crippen LogP contribution in [0.2, 0.25) is 0 Å². The molecule has 0 spiro atoms. The molecule has 0 unspecified atom stereocenters. The molecule has 0 radical (unpaired) electrons. The Kier molecular flexibility index (Phi) is 3.78. The first-order chi connectivity index (χ1) is 8.16. The van der Waals surface area contributed by atoms with E-state index in [2.05, 4.69) is 21.0 Å². The fourth-order valence-electron chi connectivity index (χ4n) is 1.50. The van der Waals surface area contributed by atoms with Crippen LogP contribution in [0.15, 0.2) is 34.9 Å². The number of halogens is 2. The van der Waals surface area contributed by atoms with Gasteiger partial charge < -0.3 is 4.74 Å². The molecule has 5 heteroatoms. The van der Waals surface area contributed by atoms with Gasteiger partial charge in [0.2, 0.25) is 0 Å². The lowest BCUT2D eigenvalue weighted by atomic mass is 10.3. The average Bonchev–Trinajstić information content (AvgIpc) is 2.70. The van der Waals surface area contributed by atoms with Gasteiger partial charge in [0.05, 0.1) is 6.61 Å². The molecule has 0 N–H and O–H groups in total. The van der Waals surface area contributed by atoms with E-state index in [4.69, 9.17) is 4.74 Å². The highest BCUT2D eigenvalue weighted by molar-refractivity contribution is 9.10. The fourth-order valence-corrected chi connectivity index (χ4v) is 1.84. The number of hydrogen-bond donors (Lipinski definition) is 0. The summed E-state index contributed by atoms with van der Waals surface area (Å²) < 4.78 is 21.3. The average molecular weight is 299 g/mol. The van der Waals surface area contributed by atoms with Crippen LogP contribution in [0.25, 0.3) is 0 Å². The third kappa shape index (κ3) is 3.06. The molecule has 1 aromatic heterocycles. The van der Waals surface area contributed by atoms with Gasteiger partial charge in [0.25, 0.3) is 0 Å². The summed E-state index contributed by atoms with van der Waals surface area (Å²) in [4.78, 5) is 0. The van der Waals surface area contributed by atoms with Crippen LogP contribution in [0.1, 0.15) is 5.69 Å². The highest BCUT2D eigenvalue weighted by atomic mass is 79.9. The molecule has 0 atom stereocenters. The van der Waals surface area contributed by atoms with E-state index in [0.717, 1.165) is 10.2 Å². The maximum Gasteiger partial charge on any atom is 0.165 e. The molecule has 0 saturated carbocycles. The lowest BCUT2D eigenvalue weighted by Gasteiger charge is -2.07. The van der Waals surface area contributed by atoms with Crippen LogP contribution in [-0.4, -0.2) is 16.4 Å². The van der Waals surface area contributed by atoms with E-state index < -0.39 is 0 Å². The second-order valence-electron chi connectivity index (χ2n) is 3.62. The second kappa shape index (κ2) is 5.31. The van der Waals surface area contributed by atoms with E-state index in [1.807, 2.05) is 13.1 Å². The monoisotopic (exact) mass is 298 g/mol. The number of nitrogens with zero attached hydrogens (tertiary/aromatic N) is 2. The molecule has 2 aromatic rings. The van der Waals surface area contributed by atoms with E-state index in [1.165, 1.54) is 6.07 Å². The van der Waals surface area contributed by atoms with E-state index in [0.29, 0.717) is 13.0 Å². The van der Waals surface area contributed by atoms with Crippen LogP contribution in [0.5, 0.6) is 5.75 Å². The van der Waals surface area contributed by atoms with Crippen molar-refractivity contribution in [3.8, 4) is 5.75 Å². The smallest absolute Gasteiger partial charge is 0.165 e. The number of hydrogen-bond acceptors (Lipinski definition) is 2. The highest BCUT2D eigenvalue weighted by Crippen LogP contribution is 2.22. The Morgan fingerprint density at radius 3 is 2.94 bits per heavy atom. The van der Waals surface area contributed by atoms with Crippen molar-refractivity contribution in [2.75, 3.05) is 6.61 Å².